The molecule has 62 valence electrons. The SMILES string of the molecule is Cc1cc2nc(N)[nH]c2cc1F. The van der Waals surface area contributed by atoms with Crippen LogP contribution in [0.3, 0.4) is 0 Å². The maximum atomic E-state index is 13.0. The van der Waals surface area contributed by atoms with Crippen LogP contribution in [0.5, 0.6) is 0 Å². The van der Waals surface area contributed by atoms with Gasteiger partial charge in [-0.05, 0) is 24.6 Å². The topological polar surface area (TPSA) is 54.7 Å². The zero-order valence-electron chi connectivity index (χ0n) is 6.56. The number of nitrogens with one attached hydrogen (secondary N) is 1. The highest BCUT2D eigenvalue weighted by atomic mass is 19.1. The summed E-state index contributed by atoms with van der Waals surface area (Å²) in [5.74, 6) is 0.0705. The molecule has 3 nitrogen and oxygen atoms in total. The largest absolute Gasteiger partial charge is 0.369 e. The normalized spacial score (nSPS) is 10.8. The van der Waals surface area contributed by atoms with Crippen molar-refractivity contribution >= 4 is 17.0 Å². The van der Waals surface area contributed by atoms with E-state index in [1.165, 1.54) is 6.07 Å². The Morgan fingerprint density at radius 2 is 2.25 bits per heavy atom. The lowest BCUT2D eigenvalue weighted by Gasteiger charge is -1.93. The number of nitrogens with two attached hydrogens (primary N) is 1. The monoisotopic (exact) mass is 165 g/mol. The van der Waals surface area contributed by atoms with Crippen molar-refractivity contribution in [2.24, 2.45) is 0 Å². The molecule has 0 fully saturated rings. The molecule has 0 radical (unpaired) electrons. The average molecular weight is 165 g/mol. The van der Waals surface area contributed by atoms with Gasteiger partial charge in [0, 0.05) is 0 Å². The van der Waals surface area contributed by atoms with E-state index in [0.29, 0.717) is 22.5 Å². The van der Waals surface area contributed by atoms with E-state index in [1.807, 2.05) is 0 Å². The molecule has 1 aromatic heterocycles. The third-order valence-corrected chi connectivity index (χ3v) is 1.78. The Bertz CT molecular complexity index is 394. The van der Waals surface area contributed by atoms with Gasteiger partial charge in [0.2, 0.25) is 0 Å². The van der Waals surface area contributed by atoms with Crippen molar-refractivity contribution < 1.29 is 4.39 Å². The summed E-state index contributed by atoms with van der Waals surface area (Å²) in [6, 6.07) is 3.06. The van der Waals surface area contributed by atoms with Gasteiger partial charge in [-0.1, -0.05) is 0 Å². The lowest BCUT2D eigenvalue weighted by atomic mass is 10.2. The molecule has 2 aromatic rings. The third kappa shape index (κ3) is 0.922. The van der Waals surface area contributed by atoms with Crippen molar-refractivity contribution in [2.75, 3.05) is 5.73 Å². The van der Waals surface area contributed by atoms with Gasteiger partial charge in [0.05, 0.1) is 11.0 Å². The number of rotatable bonds is 0. The second-order valence-electron chi connectivity index (χ2n) is 2.74. The molecule has 3 N–H and O–H groups in total. The van der Waals surface area contributed by atoms with Gasteiger partial charge in [0.1, 0.15) is 5.82 Å². The molecule has 2 rings (SSSR count). The van der Waals surface area contributed by atoms with Crippen LogP contribution in [0.4, 0.5) is 10.3 Å². The number of fused-ring (bicyclic) bond motifs is 1. The fourth-order valence-electron chi connectivity index (χ4n) is 1.15. The summed E-state index contributed by atoms with van der Waals surface area (Å²) in [5.41, 5.74) is 7.31. The molecule has 0 atom stereocenters. The number of H-pyrrole nitrogens is 1. The molecule has 0 aliphatic carbocycles. The zero-order chi connectivity index (χ0) is 8.72. The van der Waals surface area contributed by atoms with Crippen molar-refractivity contribution in [3.8, 4) is 0 Å². The minimum atomic E-state index is -0.244. The third-order valence-electron chi connectivity index (χ3n) is 1.78. The molecule has 0 spiro atoms. The van der Waals surface area contributed by atoms with E-state index in [2.05, 4.69) is 9.97 Å². The minimum absolute atomic E-state index is 0.244. The molecular weight excluding hydrogens is 157 g/mol. The highest BCUT2D eigenvalue weighted by molar-refractivity contribution is 5.77. The van der Waals surface area contributed by atoms with Gasteiger partial charge in [-0.3, -0.25) is 0 Å². The number of aromatic amines is 1. The first-order valence-corrected chi connectivity index (χ1v) is 3.58. The summed E-state index contributed by atoms with van der Waals surface area (Å²) in [7, 11) is 0. The zero-order valence-corrected chi connectivity index (χ0v) is 6.56. The van der Waals surface area contributed by atoms with Crippen molar-refractivity contribution in [1.29, 1.82) is 0 Å². The van der Waals surface area contributed by atoms with Crippen molar-refractivity contribution in [2.45, 2.75) is 6.92 Å². The van der Waals surface area contributed by atoms with Gasteiger partial charge >= 0.3 is 0 Å². The Balaban J connectivity index is 2.83. The maximum Gasteiger partial charge on any atom is 0.198 e. The summed E-state index contributed by atoms with van der Waals surface area (Å²) >= 11 is 0. The van der Waals surface area contributed by atoms with Gasteiger partial charge in [-0.25, -0.2) is 9.37 Å². The number of hydrogen-bond donors (Lipinski definition) is 2. The predicted octanol–water partition coefficient (Wildman–Crippen LogP) is 1.59. The Morgan fingerprint density at radius 1 is 1.50 bits per heavy atom. The number of nitrogen functional groups attached to an aromatic ring is 1. The summed E-state index contributed by atoms with van der Waals surface area (Å²) < 4.78 is 13.0. The quantitative estimate of drug-likeness (QED) is 0.622. The molecule has 0 saturated heterocycles. The van der Waals surface area contributed by atoms with Crippen LogP contribution < -0.4 is 5.73 Å². The molecule has 0 unspecified atom stereocenters. The summed E-state index contributed by atoms with van der Waals surface area (Å²) in [4.78, 5) is 6.72. The number of hydrogen-bond acceptors (Lipinski definition) is 2. The van der Waals surface area contributed by atoms with Gasteiger partial charge in [-0.2, -0.15) is 0 Å². The van der Waals surface area contributed by atoms with Crippen LogP contribution in [0.25, 0.3) is 11.0 Å². The molecule has 0 aliphatic heterocycles. The van der Waals surface area contributed by atoms with E-state index in [0.717, 1.165) is 0 Å². The number of aryl methyl sites for hydroxylation is 1. The molecule has 12 heavy (non-hydrogen) atoms. The Hall–Kier alpha value is -1.58. The smallest absolute Gasteiger partial charge is 0.198 e. The van der Waals surface area contributed by atoms with Gasteiger partial charge < -0.3 is 10.7 Å². The van der Waals surface area contributed by atoms with Crippen LogP contribution in [-0.4, -0.2) is 9.97 Å². The van der Waals surface area contributed by atoms with E-state index in [4.69, 9.17) is 5.73 Å². The van der Waals surface area contributed by atoms with Gasteiger partial charge in [0.25, 0.3) is 0 Å². The molecule has 1 aromatic carbocycles. The molecule has 0 bridgehead atoms. The van der Waals surface area contributed by atoms with Gasteiger partial charge in [0.15, 0.2) is 5.95 Å². The first-order chi connectivity index (χ1) is 5.66. The van der Waals surface area contributed by atoms with E-state index in [-0.39, 0.29) is 5.82 Å². The first kappa shape index (κ1) is 7.09. The van der Waals surface area contributed by atoms with Crippen LogP contribution in [0.1, 0.15) is 5.56 Å². The molecule has 0 aliphatic rings. The highest BCUT2D eigenvalue weighted by Crippen LogP contribution is 2.16. The van der Waals surface area contributed by atoms with Crippen LogP contribution in [0.2, 0.25) is 0 Å². The Kier molecular flexibility index (Phi) is 1.30. The molecule has 4 heteroatoms. The standard InChI is InChI=1S/C8H8FN3/c1-4-2-6-7(3-5(4)9)12-8(10)11-6/h2-3H,1H3,(H3,10,11,12). The van der Waals surface area contributed by atoms with Crippen molar-refractivity contribution in [1.82, 2.24) is 9.97 Å². The first-order valence-electron chi connectivity index (χ1n) is 3.58. The number of imidazole rings is 1. The number of benzene rings is 1. The van der Waals surface area contributed by atoms with Crippen LogP contribution in [0.15, 0.2) is 12.1 Å². The lowest BCUT2D eigenvalue weighted by molar-refractivity contribution is 0.620. The summed E-state index contributed by atoms with van der Waals surface area (Å²) in [6.45, 7) is 1.69. The van der Waals surface area contributed by atoms with E-state index in [1.54, 1.807) is 13.0 Å². The van der Waals surface area contributed by atoms with E-state index in [9.17, 15) is 4.39 Å². The number of aromatic nitrogens is 2. The lowest BCUT2D eigenvalue weighted by Crippen LogP contribution is -1.84. The summed E-state index contributed by atoms with van der Waals surface area (Å²) in [5, 5.41) is 0. The number of halogens is 1. The second kappa shape index (κ2) is 2.20. The van der Waals surface area contributed by atoms with E-state index >= 15 is 0 Å². The van der Waals surface area contributed by atoms with Crippen molar-refractivity contribution in [3.05, 3.63) is 23.5 Å². The van der Waals surface area contributed by atoms with Crippen LogP contribution >= 0.6 is 0 Å². The molecule has 0 amide bonds. The highest BCUT2D eigenvalue weighted by Gasteiger charge is 2.03. The second-order valence-corrected chi connectivity index (χ2v) is 2.74. The average Bonchev–Trinajstić information content (AvgIpc) is 2.30. The van der Waals surface area contributed by atoms with Gasteiger partial charge in [-0.15, -0.1) is 0 Å². The molecule has 1 heterocycles. The Morgan fingerprint density at radius 3 is 3.00 bits per heavy atom. The fourth-order valence-corrected chi connectivity index (χ4v) is 1.15. The minimum Gasteiger partial charge on any atom is -0.369 e. The van der Waals surface area contributed by atoms with Crippen LogP contribution in [0, 0.1) is 12.7 Å². The predicted molar refractivity (Wildman–Crippen MR) is 45.2 cm³/mol. The van der Waals surface area contributed by atoms with Crippen LogP contribution in [-0.2, 0) is 0 Å². The van der Waals surface area contributed by atoms with Crippen molar-refractivity contribution in [3.63, 3.8) is 0 Å². The summed E-state index contributed by atoms with van der Waals surface area (Å²) in [6.07, 6.45) is 0. The number of anilines is 1. The molecular formula is C8H8FN3. The Labute approximate surface area is 68.4 Å². The maximum absolute atomic E-state index is 13.0. The molecule has 0 saturated carbocycles. The van der Waals surface area contributed by atoms with E-state index < -0.39 is 0 Å². The fraction of sp³-hybridized carbons (Fsp3) is 0.125. The number of nitrogens with zero attached hydrogens (tertiary/aromatic N) is 1.